The van der Waals surface area contributed by atoms with E-state index < -0.39 is 11.6 Å². The molecule has 1 N–H and O–H groups in total. The Morgan fingerprint density at radius 1 is 1.02 bits per heavy atom. The first-order valence-electron chi connectivity index (χ1n) is 14.5. The number of aliphatic hydroxyl groups is 1. The number of aliphatic hydroxyl groups excluding tert-OH is 1. The van der Waals surface area contributed by atoms with Crippen molar-refractivity contribution in [1.29, 1.82) is 0 Å². The molecule has 3 aromatic carbocycles. The van der Waals surface area contributed by atoms with Gasteiger partial charge in [-0.25, -0.2) is 4.99 Å². The van der Waals surface area contributed by atoms with Gasteiger partial charge in [-0.2, -0.15) is 0 Å². The highest BCUT2D eigenvalue weighted by atomic mass is 79.9. The molecule has 10 heteroatoms. The smallest absolute Gasteiger partial charge is 0.256 e. The number of halogens is 1. The molecule has 3 aliphatic heterocycles. The van der Waals surface area contributed by atoms with Crippen molar-refractivity contribution < 1.29 is 28.9 Å². The number of hydrogen-bond acceptors (Lipinski definition) is 7. The molecule has 43 heavy (non-hydrogen) atoms. The second-order valence-electron chi connectivity index (χ2n) is 10.9. The number of aliphatic imine (C=N–C) groups is 1. The number of hydrogen-bond donors (Lipinski definition) is 1. The minimum atomic E-state index is -1.32. The Morgan fingerprint density at radius 2 is 1.74 bits per heavy atom. The Morgan fingerprint density at radius 3 is 2.47 bits per heavy atom. The predicted octanol–water partition coefficient (Wildman–Crippen LogP) is 3.91. The fourth-order valence-corrected chi connectivity index (χ4v) is 6.10. The number of carbonyl (C=O) groups is 2. The third-order valence-corrected chi connectivity index (χ3v) is 8.63. The Balaban J connectivity index is 1.40. The number of rotatable bonds is 8. The first-order chi connectivity index (χ1) is 21.0. The van der Waals surface area contributed by atoms with Crippen LogP contribution in [0.1, 0.15) is 34.8 Å². The van der Waals surface area contributed by atoms with Gasteiger partial charge in [-0.3, -0.25) is 9.59 Å². The Labute approximate surface area is 259 Å². The summed E-state index contributed by atoms with van der Waals surface area (Å²) in [4.78, 5) is 36.7. The van der Waals surface area contributed by atoms with Crippen molar-refractivity contribution in [2.45, 2.75) is 31.0 Å². The van der Waals surface area contributed by atoms with E-state index in [1.807, 2.05) is 72.8 Å². The van der Waals surface area contributed by atoms with Gasteiger partial charge in [-0.1, -0.05) is 52.3 Å². The zero-order valence-electron chi connectivity index (χ0n) is 23.8. The molecule has 2 atom stereocenters. The molecule has 1 saturated heterocycles. The van der Waals surface area contributed by atoms with E-state index in [0.29, 0.717) is 63.9 Å². The van der Waals surface area contributed by atoms with Gasteiger partial charge in [-0.05, 0) is 53.1 Å². The fraction of sp³-hybridized carbons (Fsp3) is 0.364. The van der Waals surface area contributed by atoms with Crippen molar-refractivity contribution in [1.82, 2.24) is 9.80 Å². The van der Waals surface area contributed by atoms with E-state index in [9.17, 15) is 9.59 Å². The molecular formula is C33H34BrN3O6. The van der Waals surface area contributed by atoms with Gasteiger partial charge in [0.15, 0.2) is 11.6 Å². The number of carbonyl (C=O) groups excluding carboxylic acids is 2. The number of amides is 2. The highest BCUT2D eigenvalue weighted by molar-refractivity contribution is 9.10. The summed E-state index contributed by atoms with van der Waals surface area (Å²) in [7, 11) is 0. The summed E-state index contributed by atoms with van der Waals surface area (Å²) in [6.45, 7) is 2.74. The monoisotopic (exact) mass is 647 g/mol. The molecule has 0 saturated carbocycles. The van der Waals surface area contributed by atoms with Gasteiger partial charge in [0.25, 0.3) is 5.91 Å². The van der Waals surface area contributed by atoms with Crippen LogP contribution in [-0.4, -0.2) is 84.2 Å². The lowest BCUT2D eigenvalue weighted by atomic mass is 9.82. The van der Waals surface area contributed by atoms with Gasteiger partial charge in [0, 0.05) is 49.1 Å². The quantitative estimate of drug-likeness (QED) is 0.372. The van der Waals surface area contributed by atoms with E-state index in [2.05, 4.69) is 15.9 Å². The second kappa shape index (κ2) is 12.9. The lowest BCUT2D eigenvalue weighted by Crippen LogP contribution is -2.53. The van der Waals surface area contributed by atoms with E-state index in [4.69, 9.17) is 24.3 Å². The third-order valence-electron chi connectivity index (χ3n) is 8.10. The maximum Gasteiger partial charge on any atom is 0.256 e. The molecule has 0 aromatic heterocycles. The molecule has 1 fully saturated rings. The van der Waals surface area contributed by atoms with E-state index in [1.54, 1.807) is 9.80 Å². The SMILES string of the molecule is O=C(CN1Cc2ccccc2C[C@@]2(N=C(c3ccc(OCCCO)cc3)O[C@H]2c2ccc(Br)cc2)C1=O)N1CCOCC1. The van der Waals surface area contributed by atoms with Crippen molar-refractivity contribution >= 4 is 33.6 Å². The largest absolute Gasteiger partial charge is 0.494 e. The Bertz CT molecular complexity index is 1490. The molecule has 1 spiro atoms. The van der Waals surface area contributed by atoms with Crippen molar-refractivity contribution in [2.75, 3.05) is 46.1 Å². The first kappa shape index (κ1) is 29.3. The summed E-state index contributed by atoms with van der Waals surface area (Å²) < 4.78 is 18.7. The zero-order chi connectivity index (χ0) is 29.8. The van der Waals surface area contributed by atoms with Crippen LogP contribution in [0.25, 0.3) is 0 Å². The molecule has 2 amide bonds. The lowest BCUT2D eigenvalue weighted by Gasteiger charge is -2.34. The molecule has 0 radical (unpaired) electrons. The summed E-state index contributed by atoms with van der Waals surface area (Å²) in [5.74, 6) is 0.688. The average molecular weight is 649 g/mol. The minimum Gasteiger partial charge on any atom is -0.494 e. The van der Waals surface area contributed by atoms with Crippen molar-refractivity contribution in [2.24, 2.45) is 4.99 Å². The Kier molecular flexibility index (Phi) is 8.78. The van der Waals surface area contributed by atoms with Gasteiger partial charge >= 0.3 is 0 Å². The van der Waals surface area contributed by atoms with Crippen LogP contribution in [0, 0.1) is 0 Å². The van der Waals surface area contributed by atoms with Crippen LogP contribution in [0.2, 0.25) is 0 Å². The minimum absolute atomic E-state index is 0.0489. The highest BCUT2D eigenvalue weighted by Gasteiger charge is 2.56. The average Bonchev–Trinajstić information content (AvgIpc) is 3.37. The van der Waals surface area contributed by atoms with Crippen LogP contribution >= 0.6 is 15.9 Å². The maximum atomic E-state index is 14.8. The number of fused-ring (bicyclic) bond motifs is 1. The molecule has 0 unspecified atom stereocenters. The summed E-state index contributed by atoms with van der Waals surface area (Å²) in [6.07, 6.45) is 0.163. The Hall–Kier alpha value is -3.73. The number of nitrogens with zero attached hydrogens (tertiary/aromatic N) is 3. The lowest BCUT2D eigenvalue weighted by molar-refractivity contribution is -0.147. The van der Waals surface area contributed by atoms with Crippen LogP contribution in [0.4, 0.5) is 0 Å². The van der Waals surface area contributed by atoms with Gasteiger partial charge < -0.3 is 29.1 Å². The van der Waals surface area contributed by atoms with Crippen molar-refractivity contribution in [3.05, 3.63) is 99.5 Å². The van der Waals surface area contributed by atoms with E-state index in [-0.39, 0.29) is 25.0 Å². The topological polar surface area (TPSA) is 101 Å². The van der Waals surface area contributed by atoms with Gasteiger partial charge in [0.1, 0.15) is 12.3 Å². The van der Waals surface area contributed by atoms with Crippen molar-refractivity contribution in [3.8, 4) is 5.75 Å². The van der Waals surface area contributed by atoms with Gasteiger partial charge in [-0.15, -0.1) is 0 Å². The summed E-state index contributed by atoms with van der Waals surface area (Å²) in [5, 5.41) is 9.05. The van der Waals surface area contributed by atoms with Crippen LogP contribution in [0.3, 0.4) is 0 Å². The fourth-order valence-electron chi connectivity index (χ4n) is 5.83. The van der Waals surface area contributed by atoms with Gasteiger partial charge in [0.2, 0.25) is 11.8 Å². The van der Waals surface area contributed by atoms with Crippen LogP contribution < -0.4 is 4.74 Å². The molecule has 0 aliphatic carbocycles. The molecule has 3 aromatic rings. The van der Waals surface area contributed by atoms with Crippen LogP contribution in [0.5, 0.6) is 5.75 Å². The molecule has 0 bridgehead atoms. The van der Waals surface area contributed by atoms with Crippen LogP contribution in [0.15, 0.2) is 82.3 Å². The molecule has 9 nitrogen and oxygen atoms in total. The normalized spacial score (nSPS) is 21.7. The standard InChI is InChI=1S/C33H34BrN3O6/c34-27-10-6-23(7-11-27)30-33(35-31(43-30)24-8-12-28(13-9-24)42-17-3-16-38)20-25-4-1-2-5-26(25)21-37(32(33)40)22-29(39)36-14-18-41-19-15-36/h1-2,4-13,30,38H,3,14-22H2/t30-,33-/m0/s1. The number of ether oxygens (including phenoxy) is 3. The first-order valence-corrected chi connectivity index (χ1v) is 15.3. The number of benzene rings is 3. The molecule has 6 rings (SSSR count). The zero-order valence-corrected chi connectivity index (χ0v) is 25.4. The third kappa shape index (κ3) is 6.18. The molecule has 224 valence electrons. The number of morpholine rings is 1. The molecule has 3 heterocycles. The summed E-state index contributed by atoms with van der Waals surface area (Å²) >= 11 is 3.52. The summed E-state index contributed by atoms with van der Waals surface area (Å²) in [5.41, 5.74) is 2.20. The van der Waals surface area contributed by atoms with E-state index in [1.165, 1.54) is 0 Å². The van der Waals surface area contributed by atoms with Crippen LogP contribution in [-0.2, 0) is 32.0 Å². The van der Waals surface area contributed by atoms with Gasteiger partial charge in [0.05, 0.1) is 19.8 Å². The van der Waals surface area contributed by atoms with Crippen molar-refractivity contribution in [3.63, 3.8) is 0 Å². The molecule has 3 aliphatic rings. The maximum absolute atomic E-state index is 14.8. The predicted molar refractivity (Wildman–Crippen MR) is 164 cm³/mol. The highest BCUT2D eigenvalue weighted by Crippen LogP contribution is 2.45. The summed E-state index contributed by atoms with van der Waals surface area (Å²) in [6, 6.07) is 23.1. The van der Waals surface area contributed by atoms with E-state index in [0.717, 1.165) is 26.7 Å². The second-order valence-corrected chi connectivity index (χ2v) is 11.9. The molecular weight excluding hydrogens is 614 g/mol. The van der Waals surface area contributed by atoms with E-state index >= 15 is 0 Å².